The van der Waals surface area contributed by atoms with Gasteiger partial charge < -0.3 is 10.5 Å². The van der Waals surface area contributed by atoms with E-state index in [4.69, 9.17) is 10.5 Å². The summed E-state index contributed by atoms with van der Waals surface area (Å²) >= 11 is 0. The predicted molar refractivity (Wildman–Crippen MR) is 36.5 cm³/mol. The van der Waals surface area contributed by atoms with Gasteiger partial charge in [-0.3, -0.25) is 0 Å². The Bertz CT molecular complexity index is 214. The standard InChI is InChI=1S/C6H8FN3O/c7-5-3-9-6(10-4-5)11-2-1-8/h3-4H,1-2,8H2. The van der Waals surface area contributed by atoms with Crippen LogP contribution in [0.3, 0.4) is 0 Å². The minimum absolute atomic E-state index is 0.150. The van der Waals surface area contributed by atoms with Crippen LogP contribution in [0.5, 0.6) is 6.01 Å². The second kappa shape index (κ2) is 3.82. The largest absolute Gasteiger partial charge is 0.462 e. The van der Waals surface area contributed by atoms with E-state index in [9.17, 15) is 4.39 Å². The van der Waals surface area contributed by atoms with Crippen molar-refractivity contribution in [3.05, 3.63) is 18.2 Å². The summed E-state index contributed by atoms with van der Waals surface area (Å²) in [4.78, 5) is 7.10. The SMILES string of the molecule is NCCOc1ncc(F)cn1. The van der Waals surface area contributed by atoms with Crippen molar-refractivity contribution in [2.75, 3.05) is 13.2 Å². The van der Waals surface area contributed by atoms with Crippen LogP contribution in [0.1, 0.15) is 0 Å². The highest BCUT2D eigenvalue weighted by molar-refractivity contribution is 4.95. The molecule has 5 heteroatoms. The van der Waals surface area contributed by atoms with Gasteiger partial charge in [-0.1, -0.05) is 0 Å². The summed E-state index contributed by atoms with van der Waals surface area (Å²) in [7, 11) is 0. The normalized spacial score (nSPS) is 9.64. The summed E-state index contributed by atoms with van der Waals surface area (Å²) in [5.74, 6) is -0.481. The fourth-order valence-electron chi connectivity index (χ4n) is 0.525. The van der Waals surface area contributed by atoms with E-state index in [0.29, 0.717) is 13.2 Å². The summed E-state index contributed by atoms with van der Waals surface area (Å²) < 4.78 is 17.1. The van der Waals surface area contributed by atoms with Gasteiger partial charge in [0.15, 0.2) is 5.82 Å². The van der Waals surface area contributed by atoms with E-state index >= 15 is 0 Å². The monoisotopic (exact) mass is 157 g/mol. The van der Waals surface area contributed by atoms with Gasteiger partial charge in [0, 0.05) is 6.54 Å². The van der Waals surface area contributed by atoms with Gasteiger partial charge in [-0.15, -0.1) is 0 Å². The lowest BCUT2D eigenvalue weighted by molar-refractivity contribution is 0.300. The molecule has 0 aliphatic rings. The Kier molecular flexibility index (Phi) is 2.74. The van der Waals surface area contributed by atoms with Crippen LogP contribution in [0.4, 0.5) is 4.39 Å². The number of nitrogens with two attached hydrogens (primary N) is 1. The molecule has 60 valence electrons. The van der Waals surface area contributed by atoms with Crippen LogP contribution in [-0.2, 0) is 0 Å². The minimum Gasteiger partial charge on any atom is -0.462 e. The Hall–Kier alpha value is -1.23. The molecule has 0 bridgehead atoms. The third-order valence-corrected chi connectivity index (χ3v) is 0.946. The summed E-state index contributed by atoms with van der Waals surface area (Å²) in [5, 5.41) is 0. The van der Waals surface area contributed by atoms with Crippen molar-refractivity contribution in [2.24, 2.45) is 5.73 Å². The fourth-order valence-corrected chi connectivity index (χ4v) is 0.525. The van der Waals surface area contributed by atoms with Crippen molar-refractivity contribution in [3.63, 3.8) is 0 Å². The average Bonchev–Trinajstić information content (AvgIpc) is 2.04. The zero-order chi connectivity index (χ0) is 8.10. The molecule has 0 aromatic carbocycles. The Balaban J connectivity index is 2.52. The molecule has 0 aliphatic carbocycles. The van der Waals surface area contributed by atoms with E-state index < -0.39 is 5.82 Å². The summed E-state index contributed by atoms with van der Waals surface area (Å²) in [6.07, 6.45) is 2.08. The van der Waals surface area contributed by atoms with Gasteiger partial charge in [-0.25, -0.2) is 14.4 Å². The lowest BCUT2D eigenvalue weighted by Crippen LogP contribution is -2.11. The maximum absolute atomic E-state index is 12.2. The summed E-state index contributed by atoms with van der Waals surface area (Å²) in [5.41, 5.74) is 5.15. The third-order valence-electron chi connectivity index (χ3n) is 0.946. The van der Waals surface area contributed by atoms with Crippen molar-refractivity contribution in [2.45, 2.75) is 0 Å². The molecule has 0 amide bonds. The van der Waals surface area contributed by atoms with E-state index in [1.54, 1.807) is 0 Å². The van der Waals surface area contributed by atoms with E-state index in [-0.39, 0.29) is 6.01 Å². The van der Waals surface area contributed by atoms with Crippen molar-refractivity contribution < 1.29 is 9.13 Å². The highest BCUT2D eigenvalue weighted by Gasteiger charge is 1.95. The van der Waals surface area contributed by atoms with Crippen molar-refractivity contribution >= 4 is 0 Å². The van der Waals surface area contributed by atoms with Crippen LogP contribution in [0.2, 0.25) is 0 Å². The number of nitrogens with zero attached hydrogens (tertiary/aromatic N) is 2. The zero-order valence-corrected chi connectivity index (χ0v) is 5.83. The van der Waals surface area contributed by atoms with Crippen LogP contribution >= 0.6 is 0 Å². The molecule has 0 saturated heterocycles. The van der Waals surface area contributed by atoms with Gasteiger partial charge in [0.25, 0.3) is 0 Å². The molecule has 0 radical (unpaired) electrons. The predicted octanol–water partition coefficient (Wildman–Crippen LogP) is -0.0468. The Morgan fingerprint density at radius 1 is 1.45 bits per heavy atom. The van der Waals surface area contributed by atoms with E-state index in [0.717, 1.165) is 12.4 Å². The first-order chi connectivity index (χ1) is 5.33. The Morgan fingerprint density at radius 3 is 2.64 bits per heavy atom. The third kappa shape index (κ3) is 2.46. The van der Waals surface area contributed by atoms with Gasteiger partial charge in [-0.05, 0) is 0 Å². The van der Waals surface area contributed by atoms with Gasteiger partial charge in [0.05, 0.1) is 12.4 Å². The van der Waals surface area contributed by atoms with E-state index in [1.807, 2.05) is 0 Å². The van der Waals surface area contributed by atoms with Crippen LogP contribution in [0.25, 0.3) is 0 Å². The molecule has 0 atom stereocenters. The van der Waals surface area contributed by atoms with Crippen LogP contribution in [-0.4, -0.2) is 23.1 Å². The minimum atomic E-state index is -0.481. The molecule has 4 nitrogen and oxygen atoms in total. The lowest BCUT2D eigenvalue weighted by Gasteiger charge is -1.99. The van der Waals surface area contributed by atoms with Gasteiger partial charge in [0.2, 0.25) is 0 Å². The lowest BCUT2D eigenvalue weighted by atomic mass is 10.6. The number of hydrogen-bond donors (Lipinski definition) is 1. The maximum atomic E-state index is 12.2. The van der Waals surface area contributed by atoms with Gasteiger partial charge >= 0.3 is 6.01 Å². The fraction of sp³-hybridized carbons (Fsp3) is 0.333. The second-order valence-electron chi connectivity index (χ2n) is 1.82. The van der Waals surface area contributed by atoms with Crippen LogP contribution in [0, 0.1) is 5.82 Å². The van der Waals surface area contributed by atoms with E-state index in [2.05, 4.69) is 9.97 Å². The van der Waals surface area contributed by atoms with Crippen molar-refractivity contribution in [1.29, 1.82) is 0 Å². The number of aromatic nitrogens is 2. The summed E-state index contributed by atoms with van der Waals surface area (Å²) in [6, 6.07) is 0.150. The molecule has 0 fully saturated rings. The molecular weight excluding hydrogens is 149 g/mol. The summed E-state index contributed by atoms with van der Waals surface area (Å²) in [6.45, 7) is 0.729. The molecule has 0 aliphatic heterocycles. The Morgan fingerprint density at radius 2 is 2.09 bits per heavy atom. The Labute approximate surface area is 63.2 Å². The topological polar surface area (TPSA) is 61.0 Å². The molecule has 1 heterocycles. The molecular formula is C6H8FN3O. The highest BCUT2D eigenvalue weighted by Crippen LogP contribution is 1.99. The second-order valence-corrected chi connectivity index (χ2v) is 1.82. The molecule has 11 heavy (non-hydrogen) atoms. The molecule has 1 aromatic rings. The number of rotatable bonds is 3. The first kappa shape index (κ1) is 7.87. The van der Waals surface area contributed by atoms with Gasteiger partial charge in [0.1, 0.15) is 6.61 Å². The smallest absolute Gasteiger partial charge is 0.316 e. The molecule has 0 spiro atoms. The average molecular weight is 157 g/mol. The highest BCUT2D eigenvalue weighted by atomic mass is 19.1. The quantitative estimate of drug-likeness (QED) is 0.668. The molecule has 2 N–H and O–H groups in total. The number of halogens is 1. The van der Waals surface area contributed by atoms with Crippen LogP contribution in [0.15, 0.2) is 12.4 Å². The zero-order valence-electron chi connectivity index (χ0n) is 5.83. The van der Waals surface area contributed by atoms with E-state index in [1.165, 1.54) is 0 Å². The molecule has 0 unspecified atom stereocenters. The maximum Gasteiger partial charge on any atom is 0.316 e. The molecule has 1 rings (SSSR count). The first-order valence-corrected chi connectivity index (χ1v) is 3.13. The first-order valence-electron chi connectivity index (χ1n) is 3.13. The molecule has 0 saturated carbocycles. The van der Waals surface area contributed by atoms with Crippen LogP contribution < -0.4 is 10.5 Å². The molecule has 1 aromatic heterocycles. The number of ether oxygens (including phenoxy) is 1. The van der Waals surface area contributed by atoms with Gasteiger partial charge in [-0.2, -0.15) is 0 Å². The van der Waals surface area contributed by atoms with Crippen molar-refractivity contribution in [3.8, 4) is 6.01 Å². The number of hydrogen-bond acceptors (Lipinski definition) is 4. The van der Waals surface area contributed by atoms with Crippen molar-refractivity contribution in [1.82, 2.24) is 9.97 Å².